The van der Waals surface area contributed by atoms with E-state index in [9.17, 15) is 14.7 Å². The van der Waals surface area contributed by atoms with Crippen LogP contribution in [-0.2, 0) is 14.3 Å². The molecule has 0 saturated carbocycles. The van der Waals surface area contributed by atoms with Crippen LogP contribution in [0.1, 0.15) is 59.4 Å². The maximum Gasteiger partial charge on any atom is 0.331 e. The van der Waals surface area contributed by atoms with Crippen LogP contribution in [0, 0.1) is 5.92 Å². The van der Waals surface area contributed by atoms with E-state index in [1.165, 1.54) is 12.3 Å². The molecule has 0 saturated heterocycles. The molecule has 7 heteroatoms. The van der Waals surface area contributed by atoms with Gasteiger partial charge in [0.25, 0.3) is 0 Å². The highest BCUT2D eigenvalue weighted by atomic mass is 16.6. The van der Waals surface area contributed by atoms with Crippen LogP contribution in [0.25, 0.3) is 0 Å². The summed E-state index contributed by atoms with van der Waals surface area (Å²) < 4.78 is 11.0. The number of hydrogen-bond donors (Lipinski definition) is 2. The summed E-state index contributed by atoms with van der Waals surface area (Å²) in [5.41, 5.74) is 4.98. The Hall–Kier alpha value is -2.57. The van der Waals surface area contributed by atoms with E-state index in [0.717, 1.165) is 0 Å². The molecule has 1 amide bonds. The van der Waals surface area contributed by atoms with Crippen LogP contribution in [-0.4, -0.2) is 41.4 Å². The second-order valence-corrected chi connectivity index (χ2v) is 7.99. The van der Waals surface area contributed by atoms with Crippen molar-refractivity contribution in [3.05, 3.63) is 23.8 Å². The summed E-state index contributed by atoms with van der Waals surface area (Å²) in [6, 6.07) is 4.23. The minimum absolute atomic E-state index is 0.00470. The first-order chi connectivity index (χ1) is 13.0. The topological polar surface area (TPSA) is 111 Å². The van der Waals surface area contributed by atoms with E-state index in [-0.39, 0.29) is 17.6 Å². The fraction of sp³-hybridized carbons (Fsp3) is 0.571. The number of phenols is 1. The van der Waals surface area contributed by atoms with E-state index >= 15 is 0 Å². The molecule has 3 N–H and O–H groups in total. The van der Waals surface area contributed by atoms with Crippen molar-refractivity contribution in [2.45, 2.75) is 65.5 Å². The molecule has 0 aliphatic heterocycles. The Morgan fingerprint density at radius 3 is 2.46 bits per heavy atom. The monoisotopic (exact) mass is 392 g/mol. The summed E-state index contributed by atoms with van der Waals surface area (Å²) in [6.07, 6.45) is 3.16. The Bertz CT molecular complexity index is 693. The number of nitrogens with zero attached hydrogens (tertiary/aromatic N) is 1. The highest BCUT2D eigenvalue weighted by Crippen LogP contribution is 2.23. The first kappa shape index (κ1) is 23.5. The number of aliphatic imine (C=N–C) groups is 1. The Labute approximate surface area is 166 Å². The zero-order valence-corrected chi connectivity index (χ0v) is 17.4. The van der Waals surface area contributed by atoms with Gasteiger partial charge < -0.3 is 20.3 Å². The zero-order chi connectivity index (χ0) is 21.3. The minimum atomic E-state index is -0.653. The Morgan fingerprint density at radius 1 is 1.25 bits per heavy atom. The van der Waals surface area contributed by atoms with Gasteiger partial charge in [-0.15, -0.1) is 0 Å². The van der Waals surface area contributed by atoms with Crippen LogP contribution in [0.2, 0.25) is 0 Å². The fourth-order valence-electron chi connectivity index (χ4n) is 2.34. The number of ether oxygens (including phenoxy) is 2. The number of rotatable bonds is 10. The number of unbranched alkanes of at least 4 members (excludes halogenated alkanes) is 1. The number of benzene rings is 1. The summed E-state index contributed by atoms with van der Waals surface area (Å²) in [6.45, 7) is 9.63. The van der Waals surface area contributed by atoms with Crippen molar-refractivity contribution >= 4 is 18.1 Å². The molecule has 0 spiro atoms. The predicted molar refractivity (Wildman–Crippen MR) is 109 cm³/mol. The van der Waals surface area contributed by atoms with E-state index in [1.807, 2.05) is 34.6 Å². The zero-order valence-electron chi connectivity index (χ0n) is 17.4. The lowest BCUT2D eigenvalue weighted by atomic mass is 10.0. The van der Waals surface area contributed by atoms with Crippen molar-refractivity contribution in [2.24, 2.45) is 16.6 Å². The number of hydrogen-bond acceptors (Lipinski definition) is 6. The van der Waals surface area contributed by atoms with Gasteiger partial charge in [0.05, 0.1) is 6.61 Å². The van der Waals surface area contributed by atoms with Crippen molar-refractivity contribution < 1.29 is 24.2 Å². The largest absolute Gasteiger partial charge is 0.507 e. The normalized spacial score (nSPS) is 12.9. The molecule has 1 atom stereocenters. The molecular formula is C21H32N2O5. The summed E-state index contributed by atoms with van der Waals surface area (Å²) >= 11 is 0. The highest BCUT2D eigenvalue weighted by molar-refractivity contribution is 5.87. The third kappa shape index (κ3) is 8.88. The number of carbonyl (C=O) groups is 2. The quantitative estimate of drug-likeness (QED) is 0.361. The molecule has 7 nitrogen and oxygen atoms in total. The number of carbonyl (C=O) groups excluding carboxylic acids is 2. The van der Waals surface area contributed by atoms with Gasteiger partial charge in [0, 0.05) is 24.3 Å². The lowest BCUT2D eigenvalue weighted by Crippen LogP contribution is -2.33. The molecular weight excluding hydrogens is 360 g/mol. The number of esters is 1. The van der Waals surface area contributed by atoms with Gasteiger partial charge in [-0.2, -0.15) is 0 Å². The predicted octanol–water partition coefficient (Wildman–Crippen LogP) is 3.21. The van der Waals surface area contributed by atoms with E-state index in [4.69, 9.17) is 15.2 Å². The standard InChI is InChI=1S/C21H32N2O5/c1-14(2)19(20(26)28-21(3,4)5)23-13-15-9-10-16(12-17(15)24)27-11-7-6-8-18(22)25/h9-10,12-14,19,24H,6-8,11H2,1-5H3,(H2,22,25)/t19-/m0/s1. The third-order valence-electron chi connectivity index (χ3n) is 3.74. The highest BCUT2D eigenvalue weighted by Gasteiger charge is 2.26. The van der Waals surface area contributed by atoms with Crippen LogP contribution >= 0.6 is 0 Å². The van der Waals surface area contributed by atoms with Crippen molar-refractivity contribution in [2.75, 3.05) is 6.61 Å². The molecule has 0 fully saturated rings. The molecule has 1 rings (SSSR count). The van der Waals surface area contributed by atoms with E-state index in [2.05, 4.69) is 4.99 Å². The van der Waals surface area contributed by atoms with Crippen LogP contribution in [0.5, 0.6) is 11.5 Å². The lowest BCUT2D eigenvalue weighted by molar-refractivity contribution is -0.157. The van der Waals surface area contributed by atoms with Gasteiger partial charge in [-0.25, -0.2) is 4.79 Å². The molecule has 1 aromatic rings. The van der Waals surface area contributed by atoms with Crippen LogP contribution in [0.15, 0.2) is 23.2 Å². The van der Waals surface area contributed by atoms with Crippen LogP contribution < -0.4 is 10.5 Å². The van der Waals surface area contributed by atoms with Crippen LogP contribution in [0.4, 0.5) is 0 Å². The lowest BCUT2D eigenvalue weighted by Gasteiger charge is -2.23. The molecule has 0 unspecified atom stereocenters. The first-order valence-electron chi connectivity index (χ1n) is 9.49. The molecule has 0 radical (unpaired) electrons. The van der Waals surface area contributed by atoms with Gasteiger partial charge in [-0.05, 0) is 51.7 Å². The SMILES string of the molecule is CC(C)[C@H](N=Cc1ccc(OCCCCC(N)=O)cc1O)C(=O)OC(C)(C)C. The summed E-state index contributed by atoms with van der Waals surface area (Å²) in [7, 11) is 0. The Morgan fingerprint density at radius 2 is 1.93 bits per heavy atom. The number of phenolic OH excluding ortho intramolecular Hbond substituents is 1. The number of amides is 1. The number of primary amides is 1. The van der Waals surface area contributed by atoms with E-state index < -0.39 is 17.6 Å². The number of aromatic hydroxyl groups is 1. The molecule has 0 bridgehead atoms. The number of nitrogens with two attached hydrogens (primary N) is 1. The molecule has 0 heterocycles. The minimum Gasteiger partial charge on any atom is -0.507 e. The Kier molecular flexibility index (Phi) is 8.96. The van der Waals surface area contributed by atoms with Crippen molar-refractivity contribution in [3.63, 3.8) is 0 Å². The fourth-order valence-corrected chi connectivity index (χ4v) is 2.34. The first-order valence-corrected chi connectivity index (χ1v) is 9.49. The summed E-state index contributed by atoms with van der Waals surface area (Å²) in [4.78, 5) is 27.3. The average Bonchev–Trinajstić information content (AvgIpc) is 2.54. The Balaban J connectivity index is 2.71. The van der Waals surface area contributed by atoms with Crippen LogP contribution in [0.3, 0.4) is 0 Å². The van der Waals surface area contributed by atoms with Gasteiger partial charge in [-0.1, -0.05) is 13.8 Å². The second-order valence-electron chi connectivity index (χ2n) is 7.99. The maximum absolute atomic E-state index is 12.3. The molecule has 0 aliphatic carbocycles. The van der Waals surface area contributed by atoms with E-state index in [0.29, 0.717) is 37.2 Å². The van der Waals surface area contributed by atoms with Gasteiger partial charge >= 0.3 is 5.97 Å². The van der Waals surface area contributed by atoms with Gasteiger partial charge in [-0.3, -0.25) is 9.79 Å². The second kappa shape index (κ2) is 10.7. The maximum atomic E-state index is 12.3. The summed E-state index contributed by atoms with van der Waals surface area (Å²) in [5, 5.41) is 10.2. The molecule has 0 aliphatic rings. The van der Waals surface area contributed by atoms with Crippen molar-refractivity contribution in [1.82, 2.24) is 0 Å². The summed E-state index contributed by atoms with van der Waals surface area (Å²) in [5.74, 6) is -0.246. The average molecular weight is 392 g/mol. The smallest absolute Gasteiger partial charge is 0.331 e. The molecule has 0 aromatic heterocycles. The van der Waals surface area contributed by atoms with Crippen molar-refractivity contribution in [3.8, 4) is 11.5 Å². The van der Waals surface area contributed by atoms with Crippen molar-refractivity contribution in [1.29, 1.82) is 0 Å². The molecule has 1 aromatic carbocycles. The van der Waals surface area contributed by atoms with Gasteiger partial charge in [0.1, 0.15) is 23.1 Å². The molecule has 156 valence electrons. The molecule has 28 heavy (non-hydrogen) atoms. The van der Waals surface area contributed by atoms with Gasteiger partial charge in [0.15, 0.2) is 0 Å². The van der Waals surface area contributed by atoms with E-state index in [1.54, 1.807) is 12.1 Å². The van der Waals surface area contributed by atoms with Gasteiger partial charge in [0.2, 0.25) is 5.91 Å². The third-order valence-corrected chi connectivity index (χ3v) is 3.74.